The summed E-state index contributed by atoms with van der Waals surface area (Å²) in [5.74, 6) is -0.341. The molecular formula is C17H20N2O3S. The van der Waals surface area contributed by atoms with Crippen molar-refractivity contribution in [3.8, 4) is 0 Å². The smallest absolute Gasteiger partial charge is 0.253 e. The number of benzene rings is 2. The summed E-state index contributed by atoms with van der Waals surface area (Å²) in [4.78, 5) is 12.3. The van der Waals surface area contributed by atoms with Crippen LogP contribution in [0.3, 0.4) is 0 Å². The van der Waals surface area contributed by atoms with Crippen molar-refractivity contribution in [3.63, 3.8) is 0 Å². The van der Waals surface area contributed by atoms with Gasteiger partial charge in [0.1, 0.15) is 0 Å². The fraction of sp³-hybridized carbons (Fsp3) is 0.235. The lowest BCUT2D eigenvalue weighted by atomic mass is 10.1. The van der Waals surface area contributed by atoms with Crippen LogP contribution in [-0.2, 0) is 16.4 Å². The predicted molar refractivity (Wildman–Crippen MR) is 92.0 cm³/mol. The number of hydrogen-bond donors (Lipinski definition) is 2. The summed E-state index contributed by atoms with van der Waals surface area (Å²) >= 11 is 0. The minimum absolute atomic E-state index is 0.0447. The Balaban J connectivity index is 2.02. The first kappa shape index (κ1) is 17.0. The van der Waals surface area contributed by atoms with Gasteiger partial charge in [0.05, 0.1) is 17.0 Å². The van der Waals surface area contributed by atoms with Gasteiger partial charge in [-0.05, 0) is 31.0 Å². The fourth-order valence-electron chi connectivity index (χ4n) is 2.07. The molecule has 122 valence electrons. The third kappa shape index (κ3) is 5.10. The van der Waals surface area contributed by atoms with E-state index in [1.54, 1.807) is 31.2 Å². The van der Waals surface area contributed by atoms with Crippen LogP contribution < -0.4 is 10.0 Å². The Bertz CT molecular complexity index is 758. The number of para-hydroxylation sites is 1. The van der Waals surface area contributed by atoms with E-state index in [0.717, 1.165) is 12.0 Å². The molecule has 0 fully saturated rings. The number of nitrogens with one attached hydrogen (secondary N) is 2. The molecule has 2 aromatic carbocycles. The minimum Gasteiger partial charge on any atom is -0.352 e. The van der Waals surface area contributed by atoms with Crippen molar-refractivity contribution in [1.29, 1.82) is 0 Å². The van der Waals surface area contributed by atoms with E-state index in [1.165, 1.54) is 0 Å². The molecule has 0 unspecified atom stereocenters. The third-order valence-electron chi connectivity index (χ3n) is 3.36. The zero-order valence-corrected chi connectivity index (χ0v) is 13.8. The number of carbonyl (C=O) groups excluding carboxylic acids is 1. The molecule has 2 aromatic rings. The maximum Gasteiger partial charge on any atom is 0.253 e. The van der Waals surface area contributed by atoms with Gasteiger partial charge in [-0.25, -0.2) is 8.42 Å². The second kappa shape index (κ2) is 7.78. The second-order valence-electron chi connectivity index (χ2n) is 5.04. The van der Waals surface area contributed by atoms with Crippen molar-refractivity contribution in [2.24, 2.45) is 0 Å². The van der Waals surface area contributed by atoms with Crippen molar-refractivity contribution < 1.29 is 13.2 Å². The van der Waals surface area contributed by atoms with Gasteiger partial charge in [0.15, 0.2) is 0 Å². The first-order chi connectivity index (χ1) is 11.0. The Kier molecular flexibility index (Phi) is 5.76. The molecule has 0 heterocycles. The minimum atomic E-state index is -3.42. The summed E-state index contributed by atoms with van der Waals surface area (Å²) in [5.41, 5.74) is 1.75. The van der Waals surface area contributed by atoms with Crippen LogP contribution in [0.5, 0.6) is 0 Å². The van der Waals surface area contributed by atoms with Crippen molar-refractivity contribution in [2.45, 2.75) is 13.3 Å². The van der Waals surface area contributed by atoms with E-state index in [2.05, 4.69) is 10.0 Å². The molecule has 2 N–H and O–H groups in total. The average molecular weight is 332 g/mol. The Morgan fingerprint density at radius 2 is 1.65 bits per heavy atom. The Labute approximate surface area is 136 Å². The topological polar surface area (TPSA) is 75.3 Å². The van der Waals surface area contributed by atoms with E-state index in [4.69, 9.17) is 0 Å². The number of anilines is 1. The molecule has 0 aliphatic carbocycles. The first-order valence-corrected chi connectivity index (χ1v) is 9.08. The van der Waals surface area contributed by atoms with E-state index >= 15 is 0 Å². The summed E-state index contributed by atoms with van der Waals surface area (Å²) in [6.45, 7) is 2.03. The van der Waals surface area contributed by atoms with Crippen LogP contribution in [0.15, 0.2) is 54.6 Å². The van der Waals surface area contributed by atoms with E-state index in [1.807, 2.05) is 30.3 Å². The number of hydrogen-bond acceptors (Lipinski definition) is 3. The normalized spacial score (nSPS) is 11.0. The van der Waals surface area contributed by atoms with Crippen LogP contribution in [0, 0.1) is 0 Å². The monoisotopic (exact) mass is 332 g/mol. The molecule has 6 heteroatoms. The summed E-state index contributed by atoms with van der Waals surface area (Å²) in [7, 11) is -3.42. The number of rotatable bonds is 7. The molecule has 0 aliphatic heterocycles. The van der Waals surface area contributed by atoms with Crippen molar-refractivity contribution in [3.05, 3.63) is 65.7 Å². The Morgan fingerprint density at radius 3 is 2.35 bits per heavy atom. The molecule has 5 nitrogen and oxygen atoms in total. The molecule has 0 saturated heterocycles. The van der Waals surface area contributed by atoms with Gasteiger partial charge in [-0.2, -0.15) is 0 Å². The van der Waals surface area contributed by atoms with Gasteiger partial charge in [0.25, 0.3) is 5.91 Å². The Morgan fingerprint density at radius 1 is 1.00 bits per heavy atom. The lowest BCUT2D eigenvalue weighted by Crippen LogP contribution is -2.27. The second-order valence-corrected chi connectivity index (χ2v) is 7.05. The van der Waals surface area contributed by atoms with Gasteiger partial charge in [-0.15, -0.1) is 0 Å². The lowest BCUT2D eigenvalue weighted by molar-refractivity contribution is 0.0955. The molecule has 0 atom stereocenters. The van der Waals surface area contributed by atoms with Crippen LogP contribution in [-0.4, -0.2) is 26.6 Å². The summed E-state index contributed by atoms with van der Waals surface area (Å²) in [6.07, 6.45) is 0.718. The van der Waals surface area contributed by atoms with Crippen molar-refractivity contribution in [2.75, 3.05) is 17.0 Å². The highest BCUT2D eigenvalue weighted by Crippen LogP contribution is 2.16. The van der Waals surface area contributed by atoms with Gasteiger partial charge >= 0.3 is 0 Å². The molecule has 2 rings (SSSR count). The Hall–Kier alpha value is -2.34. The van der Waals surface area contributed by atoms with E-state index in [-0.39, 0.29) is 11.7 Å². The summed E-state index contributed by atoms with van der Waals surface area (Å²) < 4.78 is 25.8. The standard InChI is InChI=1S/C17H20N2O3S/c1-2-23(21,22)19-16-11-7-6-10-15(16)17(20)18-13-12-14-8-4-3-5-9-14/h3-11,19H,2,12-13H2,1H3,(H,18,20). The maximum absolute atomic E-state index is 12.3. The zero-order chi connectivity index (χ0) is 16.7. The number of sulfonamides is 1. The highest BCUT2D eigenvalue weighted by Gasteiger charge is 2.14. The molecule has 23 heavy (non-hydrogen) atoms. The molecule has 0 radical (unpaired) electrons. The van der Waals surface area contributed by atoms with Crippen molar-refractivity contribution in [1.82, 2.24) is 5.32 Å². The van der Waals surface area contributed by atoms with E-state index < -0.39 is 10.0 Å². The van der Waals surface area contributed by atoms with E-state index in [0.29, 0.717) is 17.8 Å². The molecule has 0 spiro atoms. The van der Waals surface area contributed by atoms with Gasteiger partial charge in [0.2, 0.25) is 10.0 Å². The quantitative estimate of drug-likeness (QED) is 0.817. The van der Waals surface area contributed by atoms with Crippen LogP contribution in [0.4, 0.5) is 5.69 Å². The fourth-order valence-corrected chi connectivity index (χ4v) is 2.73. The zero-order valence-electron chi connectivity index (χ0n) is 13.0. The van der Waals surface area contributed by atoms with Crippen molar-refractivity contribution >= 4 is 21.6 Å². The van der Waals surface area contributed by atoms with Crippen LogP contribution in [0.1, 0.15) is 22.8 Å². The van der Waals surface area contributed by atoms with Gasteiger partial charge in [-0.3, -0.25) is 9.52 Å². The number of carbonyl (C=O) groups is 1. The van der Waals surface area contributed by atoms with E-state index in [9.17, 15) is 13.2 Å². The maximum atomic E-state index is 12.3. The first-order valence-electron chi connectivity index (χ1n) is 7.43. The SMILES string of the molecule is CCS(=O)(=O)Nc1ccccc1C(=O)NCCc1ccccc1. The number of amides is 1. The summed E-state index contributed by atoms with van der Waals surface area (Å²) in [6, 6.07) is 16.4. The summed E-state index contributed by atoms with van der Waals surface area (Å²) in [5, 5.41) is 2.82. The van der Waals surface area contributed by atoms with Gasteiger partial charge < -0.3 is 5.32 Å². The molecular weight excluding hydrogens is 312 g/mol. The molecule has 0 aliphatic rings. The van der Waals surface area contributed by atoms with Crippen LogP contribution in [0.25, 0.3) is 0 Å². The van der Waals surface area contributed by atoms with Gasteiger partial charge in [-0.1, -0.05) is 42.5 Å². The molecule has 1 amide bonds. The molecule has 0 aromatic heterocycles. The molecule has 0 saturated carbocycles. The highest BCUT2D eigenvalue weighted by atomic mass is 32.2. The van der Waals surface area contributed by atoms with Crippen LogP contribution >= 0.6 is 0 Å². The third-order valence-corrected chi connectivity index (χ3v) is 4.65. The highest BCUT2D eigenvalue weighted by molar-refractivity contribution is 7.92. The predicted octanol–water partition coefficient (Wildman–Crippen LogP) is 2.42. The van der Waals surface area contributed by atoms with Crippen LogP contribution in [0.2, 0.25) is 0 Å². The molecule has 0 bridgehead atoms. The lowest BCUT2D eigenvalue weighted by Gasteiger charge is -2.12. The average Bonchev–Trinajstić information content (AvgIpc) is 2.56. The largest absolute Gasteiger partial charge is 0.352 e. The van der Waals surface area contributed by atoms with Gasteiger partial charge in [0, 0.05) is 6.54 Å².